The lowest BCUT2D eigenvalue weighted by Gasteiger charge is -2.20. The fraction of sp³-hybridized carbons (Fsp3) is 0.429. The summed E-state index contributed by atoms with van der Waals surface area (Å²) in [5.74, 6) is -0.146. The number of fused-ring (bicyclic) bond motifs is 1. The van der Waals surface area contributed by atoms with Crippen LogP contribution in [0.1, 0.15) is 18.4 Å². The minimum atomic E-state index is -0.802. The number of aryl methyl sites for hydroxylation is 1. The lowest BCUT2D eigenvalue weighted by molar-refractivity contribution is -0.142. The highest BCUT2D eigenvalue weighted by atomic mass is 16.4. The first kappa shape index (κ1) is 13.5. The number of nitrogens with zero attached hydrogens (tertiary/aromatic N) is 2. The van der Waals surface area contributed by atoms with Gasteiger partial charge in [0.25, 0.3) is 0 Å². The fourth-order valence-corrected chi connectivity index (χ4v) is 1.93. The van der Waals surface area contributed by atoms with Gasteiger partial charge in [0.15, 0.2) is 11.5 Å². The molecule has 5 heteroatoms. The minimum absolute atomic E-state index is 0.476. The molecule has 0 aliphatic rings. The molecule has 2 aromatic rings. The Morgan fingerprint density at radius 2 is 2.26 bits per heavy atom. The number of hydrogen-bond donors (Lipinski definition) is 1. The van der Waals surface area contributed by atoms with Crippen LogP contribution >= 0.6 is 0 Å². The van der Waals surface area contributed by atoms with Crippen molar-refractivity contribution in [2.75, 3.05) is 13.6 Å². The number of carboxylic acid groups (broad SMARTS) is 1. The molecule has 0 amide bonds. The number of aliphatic carboxylic acids is 1. The van der Waals surface area contributed by atoms with Crippen LogP contribution in [0.4, 0.5) is 0 Å². The number of carboxylic acids is 1. The monoisotopic (exact) mass is 262 g/mol. The Bertz CT molecular complexity index is 591. The van der Waals surface area contributed by atoms with Crippen molar-refractivity contribution in [3.05, 3.63) is 29.7 Å². The van der Waals surface area contributed by atoms with E-state index in [1.54, 1.807) is 6.92 Å². The van der Waals surface area contributed by atoms with E-state index in [1.165, 1.54) is 0 Å². The molecule has 2 rings (SSSR count). The maximum atomic E-state index is 10.9. The van der Waals surface area contributed by atoms with Crippen molar-refractivity contribution in [1.29, 1.82) is 0 Å². The second-order valence-corrected chi connectivity index (χ2v) is 4.78. The summed E-state index contributed by atoms with van der Waals surface area (Å²) in [6, 6.07) is 5.43. The van der Waals surface area contributed by atoms with Crippen LogP contribution in [-0.4, -0.2) is 40.6 Å². The van der Waals surface area contributed by atoms with Gasteiger partial charge in [-0.3, -0.25) is 9.69 Å². The average Bonchev–Trinajstić information content (AvgIpc) is 2.74. The summed E-state index contributed by atoms with van der Waals surface area (Å²) in [6.45, 7) is 4.19. The average molecular weight is 262 g/mol. The van der Waals surface area contributed by atoms with Gasteiger partial charge in [-0.2, -0.15) is 0 Å². The predicted octanol–water partition coefficient (Wildman–Crippen LogP) is 2.08. The number of likely N-dealkylation sites (N-methyl/N-ethyl adjacent to an activating group) is 1. The molecule has 1 unspecified atom stereocenters. The van der Waals surface area contributed by atoms with Crippen LogP contribution in [0.3, 0.4) is 0 Å². The molecular weight excluding hydrogens is 244 g/mol. The molecule has 0 aliphatic heterocycles. The van der Waals surface area contributed by atoms with Crippen molar-refractivity contribution >= 4 is 17.1 Å². The van der Waals surface area contributed by atoms with Gasteiger partial charge in [-0.15, -0.1) is 0 Å². The van der Waals surface area contributed by atoms with Crippen LogP contribution in [0.25, 0.3) is 11.1 Å². The highest BCUT2D eigenvalue weighted by Crippen LogP contribution is 2.17. The van der Waals surface area contributed by atoms with E-state index in [4.69, 9.17) is 9.52 Å². The normalized spacial score (nSPS) is 13.1. The van der Waals surface area contributed by atoms with Gasteiger partial charge in [0.05, 0.1) is 0 Å². The zero-order chi connectivity index (χ0) is 14.0. The molecule has 1 aromatic heterocycles. The summed E-state index contributed by atoms with van der Waals surface area (Å²) in [4.78, 5) is 16.9. The molecule has 5 nitrogen and oxygen atoms in total. The van der Waals surface area contributed by atoms with Crippen molar-refractivity contribution in [2.45, 2.75) is 26.3 Å². The third-order valence-corrected chi connectivity index (χ3v) is 3.33. The molecule has 1 N–H and O–H groups in total. The van der Waals surface area contributed by atoms with Crippen molar-refractivity contribution in [1.82, 2.24) is 9.88 Å². The third kappa shape index (κ3) is 3.12. The molecule has 19 heavy (non-hydrogen) atoms. The number of rotatable bonds is 5. The summed E-state index contributed by atoms with van der Waals surface area (Å²) < 4.78 is 5.48. The number of carbonyl (C=O) groups is 1. The van der Waals surface area contributed by atoms with E-state index < -0.39 is 12.0 Å². The first-order chi connectivity index (χ1) is 8.97. The molecule has 0 fully saturated rings. The smallest absolute Gasteiger partial charge is 0.320 e. The highest BCUT2D eigenvalue weighted by Gasteiger charge is 2.16. The number of benzene rings is 1. The Hall–Kier alpha value is -1.88. The summed E-state index contributed by atoms with van der Waals surface area (Å²) in [6.07, 6.45) is 0.782. The second-order valence-electron chi connectivity index (χ2n) is 4.78. The molecule has 1 aromatic carbocycles. The summed E-state index contributed by atoms with van der Waals surface area (Å²) in [5, 5.41) is 8.93. The quantitative estimate of drug-likeness (QED) is 0.893. The van der Waals surface area contributed by atoms with Gasteiger partial charge in [0.1, 0.15) is 11.6 Å². The van der Waals surface area contributed by atoms with Gasteiger partial charge < -0.3 is 9.52 Å². The lowest BCUT2D eigenvalue weighted by Crippen LogP contribution is -2.37. The maximum Gasteiger partial charge on any atom is 0.320 e. The molecule has 0 aliphatic carbocycles. The van der Waals surface area contributed by atoms with Crippen LogP contribution in [0.15, 0.2) is 22.6 Å². The van der Waals surface area contributed by atoms with Gasteiger partial charge in [-0.1, -0.05) is 6.07 Å². The Morgan fingerprint density at radius 1 is 1.53 bits per heavy atom. The summed E-state index contributed by atoms with van der Waals surface area (Å²) in [7, 11) is 1.82. The standard InChI is InChI=1S/C14H18N2O3/c1-9(14(17)18)16(3)7-6-11-4-5-12-13(8-11)19-10(2)15-12/h4-5,8-9H,6-7H2,1-3H3,(H,17,18). The van der Waals surface area contributed by atoms with E-state index in [2.05, 4.69) is 4.98 Å². The molecule has 0 spiro atoms. The van der Waals surface area contributed by atoms with Crippen molar-refractivity contribution in [3.63, 3.8) is 0 Å². The van der Waals surface area contributed by atoms with Crippen molar-refractivity contribution in [3.8, 4) is 0 Å². The Morgan fingerprint density at radius 3 is 2.95 bits per heavy atom. The molecule has 1 heterocycles. The lowest BCUT2D eigenvalue weighted by atomic mass is 10.1. The Labute approximate surface area is 111 Å². The van der Waals surface area contributed by atoms with Crippen LogP contribution < -0.4 is 0 Å². The van der Waals surface area contributed by atoms with E-state index in [0.29, 0.717) is 12.4 Å². The van der Waals surface area contributed by atoms with E-state index in [-0.39, 0.29) is 0 Å². The number of hydrogen-bond acceptors (Lipinski definition) is 4. The summed E-state index contributed by atoms with van der Waals surface area (Å²) >= 11 is 0. The van der Waals surface area contributed by atoms with E-state index >= 15 is 0 Å². The van der Waals surface area contributed by atoms with Crippen molar-refractivity contribution < 1.29 is 14.3 Å². The first-order valence-corrected chi connectivity index (χ1v) is 6.26. The number of oxazole rings is 1. The summed E-state index contributed by atoms with van der Waals surface area (Å²) in [5.41, 5.74) is 2.76. The Kier molecular flexibility index (Phi) is 3.85. The van der Waals surface area contributed by atoms with E-state index in [1.807, 2.05) is 37.1 Å². The fourth-order valence-electron chi connectivity index (χ4n) is 1.93. The maximum absolute atomic E-state index is 10.9. The predicted molar refractivity (Wildman–Crippen MR) is 72.2 cm³/mol. The molecule has 102 valence electrons. The minimum Gasteiger partial charge on any atom is -0.480 e. The molecule has 0 saturated heterocycles. The van der Waals surface area contributed by atoms with Gasteiger partial charge in [0.2, 0.25) is 0 Å². The van der Waals surface area contributed by atoms with E-state index in [9.17, 15) is 4.79 Å². The van der Waals surface area contributed by atoms with Crippen LogP contribution in [0.5, 0.6) is 0 Å². The third-order valence-electron chi connectivity index (χ3n) is 3.33. The van der Waals surface area contributed by atoms with Crippen LogP contribution in [-0.2, 0) is 11.2 Å². The topological polar surface area (TPSA) is 66.6 Å². The highest BCUT2D eigenvalue weighted by molar-refractivity contribution is 5.73. The SMILES string of the molecule is Cc1nc2ccc(CCN(C)C(C)C(=O)O)cc2o1. The second kappa shape index (κ2) is 5.40. The van der Waals surface area contributed by atoms with Gasteiger partial charge >= 0.3 is 5.97 Å². The van der Waals surface area contributed by atoms with Crippen LogP contribution in [0, 0.1) is 6.92 Å². The first-order valence-electron chi connectivity index (χ1n) is 6.26. The molecule has 0 saturated carbocycles. The molecular formula is C14H18N2O3. The van der Waals surface area contributed by atoms with E-state index in [0.717, 1.165) is 23.1 Å². The Balaban J connectivity index is 2.03. The zero-order valence-corrected chi connectivity index (χ0v) is 11.4. The molecule has 0 bridgehead atoms. The number of aromatic nitrogens is 1. The van der Waals surface area contributed by atoms with Crippen molar-refractivity contribution in [2.24, 2.45) is 0 Å². The van der Waals surface area contributed by atoms with Gasteiger partial charge in [-0.05, 0) is 38.1 Å². The van der Waals surface area contributed by atoms with Crippen LogP contribution in [0.2, 0.25) is 0 Å². The zero-order valence-electron chi connectivity index (χ0n) is 11.4. The van der Waals surface area contributed by atoms with Gasteiger partial charge in [-0.25, -0.2) is 4.98 Å². The molecule has 0 radical (unpaired) electrons. The molecule has 1 atom stereocenters. The van der Waals surface area contributed by atoms with Gasteiger partial charge in [0, 0.05) is 13.5 Å². The largest absolute Gasteiger partial charge is 0.480 e.